The minimum Gasteiger partial charge on any atom is -0.497 e. The maximum atomic E-state index is 5.41. The predicted octanol–water partition coefficient (Wildman–Crippen LogP) is 4.89. The number of hydrogen-bond donors (Lipinski definition) is 1. The van der Waals surface area contributed by atoms with Crippen LogP contribution in [0.25, 0.3) is 16.7 Å². The van der Waals surface area contributed by atoms with Crippen molar-refractivity contribution in [3.8, 4) is 11.4 Å². The summed E-state index contributed by atoms with van der Waals surface area (Å²) in [5.74, 6) is 2.19. The van der Waals surface area contributed by atoms with E-state index < -0.39 is 0 Å². The molecule has 8 nitrogen and oxygen atoms in total. The first-order valence-electron chi connectivity index (χ1n) is 12.1. The van der Waals surface area contributed by atoms with Gasteiger partial charge in [-0.3, -0.25) is 0 Å². The molecule has 5 aromatic rings. The quantitative estimate of drug-likeness (QED) is 0.373. The van der Waals surface area contributed by atoms with E-state index >= 15 is 0 Å². The fraction of sp³-hybridized carbons (Fsp3) is 0.179. The molecule has 1 aliphatic heterocycles. The molecule has 0 atom stereocenters. The topological polar surface area (TPSA) is 71.3 Å². The van der Waals surface area contributed by atoms with E-state index in [1.807, 2.05) is 65.5 Å². The number of ether oxygens (including phenoxy) is 1. The molecule has 3 heterocycles. The van der Waals surface area contributed by atoms with Crippen molar-refractivity contribution in [3.63, 3.8) is 0 Å². The van der Waals surface area contributed by atoms with Gasteiger partial charge in [-0.05, 0) is 36.4 Å². The maximum absolute atomic E-state index is 5.41. The average Bonchev–Trinajstić information content (AvgIpc) is 3.39. The van der Waals surface area contributed by atoms with Gasteiger partial charge >= 0.3 is 0 Å². The van der Waals surface area contributed by atoms with Crippen molar-refractivity contribution >= 4 is 34.2 Å². The number of methoxy groups -OCH3 is 1. The Balaban J connectivity index is 1.37. The van der Waals surface area contributed by atoms with Crippen LogP contribution >= 0.6 is 0 Å². The van der Waals surface area contributed by atoms with E-state index in [0.29, 0.717) is 5.95 Å². The third kappa shape index (κ3) is 4.29. The number of hydrogen-bond acceptors (Lipinski definition) is 7. The predicted molar refractivity (Wildman–Crippen MR) is 144 cm³/mol. The standard InChI is InChI=1S/C28H27N7O/c1-36-24-14-8-9-21(19-24)30-26-25-20-29-35(23-12-6-3-7-13-23)27(25)32-28(31-26)34-17-15-33(16-18-34)22-10-4-2-5-11-22/h2-14,19-20H,15-18H2,1H3,(H,30,31,32). The molecular formula is C28H27N7O. The molecule has 1 aliphatic rings. The van der Waals surface area contributed by atoms with E-state index in [2.05, 4.69) is 50.5 Å². The Kier molecular flexibility index (Phi) is 5.83. The number of aromatic nitrogens is 4. The molecule has 0 aliphatic carbocycles. The zero-order valence-corrected chi connectivity index (χ0v) is 20.1. The van der Waals surface area contributed by atoms with Crippen LogP contribution in [0.1, 0.15) is 0 Å². The second-order valence-corrected chi connectivity index (χ2v) is 8.67. The van der Waals surface area contributed by atoms with Crippen LogP contribution in [0.4, 0.5) is 23.1 Å². The van der Waals surface area contributed by atoms with Crippen LogP contribution in [0.5, 0.6) is 5.75 Å². The van der Waals surface area contributed by atoms with Gasteiger partial charge in [-0.15, -0.1) is 0 Å². The summed E-state index contributed by atoms with van der Waals surface area (Å²) in [5, 5.41) is 9.00. The van der Waals surface area contributed by atoms with Crippen LogP contribution in [0, 0.1) is 0 Å². The Bertz CT molecular complexity index is 1460. The van der Waals surface area contributed by atoms with Crippen molar-refractivity contribution < 1.29 is 4.74 Å². The van der Waals surface area contributed by atoms with Gasteiger partial charge in [0.05, 0.1) is 24.4 Å². The van der Waals surface area contributed by atoms with E-state index in [1.54, 1.807) is 7.11 Å². The van der Waals surface area contributed by atoms with E-state index in [1.165, 1.54) is 5.69 Å². The molecule has 0 amide bonds. The lowest BCUT2D eigenvalue weighted by molar-refractivity contribution is 0.415. The van der Waals surface area contributed by atoms with Crippen LogP contribution in [-0.4, -0.2) is 53.0 Å². The molecule has 0 radical (unpaired) electrons. The second kappa shape index (κ2) is 9.58. The van der Waals surface area contributed by atoms with Crippen molar-refractivity contribution in [1.82, 2.24) is 19.7 Å². The van der Waals surface area contributed by atoms with Crippen LogP contribution in [0.2, 0.25) is 0 Å². The number of piperazine rings is 1. The third-order valence-corrected chi connectivity index (χ3v) is 6.43. The molecular weight excluding hydrogens is 450 g/mol. The van der Waals surface area contributed by atoms with Crippen LogP contribution in [0.15, 0.2) is 91.1 Å². The second-order valence-electron chi connectivity index (χ2n) is 8.67. The summed E-state index contributed by atoms with van der Waals surface area (Å²) in [5.41, 5.74) is 3.86. The van der Waals surface area contributed by atoms with Gasteiger partial charge in [-0.2, -0.15) is 15.1 Å². The lowest BCUT2D eigenvalue weighted by Gasteiger charge is -2.36. The highest BCUT2D eigenvalue weighted by molar-refractivity contribution is 5.90. The van der Waals surface area contributed by atoms with E-state index in [4.69, 9.17) is 14.7 Å². The number of benzene rings is 3. The van der Waals surface area contributed by atoms with E-state index in [0.717, 1.165) is 60.2 Å². The van der Waals surface area contributed by atoms with Crippen molar-refractivity contribution in [2.24, 2.45) is 0 Å². The fourth-order valence-electron chi connectivity index (χ4n) is 4.53. The van der Waals surface area contributed by atoms with Crippen LogP contribution in [0.3, 0.4) is 0 Å². The summed E-state index contributed by atoms with van der Waals surface area (Å²) in [4.78, 5) is 14.6. The normalized spacial score (nSPS) is 13.7. The molecule has 0 spiro atoms. The van der Waals surface area contributed by atoms with Gasteiger partial charge in [0.15, 0.2) is 5.65 Å². The Morgan fingerprint density at radius 3 is 2.17 bits per heavy atom. The molecule has 6 rings (SSSR count). The number of fused-ring (bicyclic) bond motifs is 1. The first kappa shape index (κ1) is 21.9. The molecule has 1 saturated heterocycles. The maximum Gasteiger partial charge on any atom is 0.229 e. The monoisotopic (exact) mass is 477 g/mol. The van der Waals surface area contributed by atoms with Gasteiger partial charge in [0.25, 0.3) is 0 Å². The van der Waals surface area contributed by atoms with Crippen molar-refractivity contribution in [3.05, 3.63) is 91.1 Å². The fourth-order valence-corrected chi connectivity index (χ4v) is 4.53. The first-order valence-corrected chi connectivity index (χ1v) is 12.1. The lowest BCUT2D eigenvalue weighted by Crippen LogP contribution is -2.47. The molecule has 3 aromatic carbocycles. The summed E-state index contributed by atoms with van der Waals surface area (Å²) in [6.45, 7) is 3.47. The highest BCUT2D eigenvalue weighted by atomic mass is 16.5. The van der Waals surface area contributed by atoms with Crippen LogP contribution in [-0.2, 0) is 0 Å². The van der Waals surface area contributed by atoms with Gasteiger partial charge < -0.3 is 19.9 Å². The average molecular weight is 478 g/mol. The lowest BCUT2D eigenvalue weighted by atomic mass is 10.2. The number of nitrogens with zero attached hydrogens (tertiary/aromatic N) is 6. The molecule has 2 aromatic heterocycles. The zero-order chi connectivity index (χ0) is 24.3. The van der Waals surface area contributed by atoms with Crippen molar-refractivity contribution in [2.75, 3.05) is 48.4 Å². The van der Waals surface area contributed by atoms with Crippen molar-refractivity contribution in [2.45, 2.75) is 0 Å². The minimum absolute atomic E-state index is 0.693. The molecule has 1 fully saturated rings. The largest absolute Gasteiger partial charge is 0.497 e. The number of anilines is 4. The molecule has 8 heteroatoms. The SMILES string of the molecule is COc1cccc(Nc2nc(N3CCN(c4ccccc4)CC3)nc3c2cnn3-c2ccccc2)c1. The smallest absolute Gasteiger partial charge is 0.229 e. The van der Waals surface area contributed by atoms with Gasteiger partial charge in [0, 0.05) is 43.6 Å². The molecule has 0 saturated carbocycles. The Hall–Kier alpha value is -4.59. The van der Waals surface area contributed by atoms with E-state index in [9.17, 15) is 0 Å². The summed E-state index contributed by atoms with van der Waals surface area (Å²) in [7, 11) is 1.67. The first-order chi connectivity index (χ1) is 17.8. The van der Waals surface area contributed by atoms with Gasteiger partial charge in [-0.1, -0.05) is 42.5 Å². The highest BCUT2D eigenvalue weighted by Crippen LogP contribution is 2.29. The zero-order valence-electron chi connectivity index (χ0n) is 20.1. The summed E-state index contributed by atoms with van der Waals surface area (Å²) in [6, 6.07) is 28.4. The molecule has 36 heavy (non-hydrogen) atoms. The minimum atomic E-state index is 0.693. The highest BCUT2D eigenvalue weighted by Gasteiger charge is 2.22. The number of rotatable bonds is 6. The Morgan fingerprint density at radius 2 is 1.44 bits per heavy atom. The van der Waals surface area contributed by atoms with Crippen LogP contribution < -0.4 is 19.9 Å². The Labute approximate surface area is 209 Å². The molecule has 0 unspecified atom stereocenters. The van der Waals surface area contributed by atoms with Gasteiger partial charge in [0.2, 0.25) is 5.95 Å². The summed E-state index contributed by atoms with van der Waals surface area (Å²) >= 11 is 0. The van der Waals surface area contributed by atoms with E-state index in [-0.39, 0.29) is 0 Å². The van der Waals surface area contributed by atoms with Gasteiger partial charge in [-0.25, -0.2) is 4.68 Å². The third-order valence-electron chi connectivity index (χ3n) is 6.43. The molecule has 180 valence electrons. The number of nitrogens with one attached hydrogen (secondary N) is 1. The van der Waals surface area contributed by atoms with Gasteiger partial charge in [0.1, 0.15) is 11.6 Å². The number of para-hydroxylation sites is 2. The summed E-state index contributed by atoms with van der Waals surface area (Å²) < 4.78 is 7.28. The molecule has 1 N–H and O–H groups in total. The Morgan fingerprint density at radius 1 is 0.750 bits per heavy atom. The molecule has 0 bridgehead atoms. The summed E-state index contributed by atoms with van der Waals surface area (Å²) in [6.07, 6.45) is 1.82. The van der Waals surface area contributed by atoms with Crippen molar-refractivity contribution in [1.29, 1.82) is 0 Å².